The monoisotopic (exact) mass is 245 g/mol. The molecule has 0 aliphatic carbocycles. The van der Waals surface area contributed by atoms with Gasteiger partial charge in [0.05, 0.1) is 6.20 Å². The molecule has 18 heavy (non-hydrogen) atoms. The van der Waals surface area contributed by atoms with Crippen LogP contribution < -0.4 is 11.1 Å². The number of nitrogen functional groups attached to an aromatic ring is 1. The summed E-state index contributed by atoms with van der Waals surface area (Å²) in [5.74, 6) is 0.267. The summed E-state index contributed by atoms with van der Waals surface area (Å²) >= 11 is 0. The maximum absolute atomic E-state index is 12.0. The van der Waals surface area contributed by atoms with E-state index in [2.05, 4.69) is 10.5 Å². The molecule has 2 rings (SSSR count). The number of aromatic nitrogens is 1. The van der Waals surface area contributed by atoms with E-state index in [1.165, 1.54) is 6.20 Å². The van der Waals surface area contributed by atoms with Crippen molar-refractivity contribution >= 4 is 17.3 Å². The lowest BCUT2D eigenvalue weighted by Crippen LogP contribution is -2.14. The van der Waals surface area contributed by atoms with Crippen LogP contribution in [-0.2, 0) is 0 Å². The molecule has 0 bridgehead atoms. The molecule has 0 saturated carbocycles. The molecule has 0 aliphatic rings. The molecule has 0 fully saturated rings. The summed E-state index contributed by atoms with van der Waals surface area (Å²) in [6, 6.07) is 3.65. The van der Waals surface area contributed by atoms with Crippen LogP contribution in [0.25, 0.3) is 0 Å². The molecule has 1 amide bonds. The molecule has 1 aromatic carbocycles. The largest absolute Gasteiger partial charge is 0.399 e. The summed E-state index contributed by atoms with van der Waals surface area (Å²) in [5.41, 5.74) is 9.49. The first-order valence-corrected chi connectivity index (χ1v) is 5.58. The zero-order chi connectivity index (χ0) is 13.3. The van der Waals surface area contributed by atoms with Crippen molar-refractivity contribution in [3.63, 3.8) is 0 Å². The SMILES string of the molecule is Cc1cc(N)cc(C)c1NC(=O)c1cnoc1C. The number of nitrogens with zero attached hydrogens (tertiary/aromatic N) is 1. The van der Waals surface area contributed by atoms with Crippen LogP contribution in [0.1, 0.15) is 27.2 Å². The van der Waals surface area contributed by atoms with E-state index < -0.39 is 0 Å². The fourth-order valence-corrected chi connectivity index (χ4v) is 1.89. The van der Waals surface area contributed by atoms with E-state index in [0.29, 0.717) is 17.0 Å². The number of nitrogens with two attached hydrogens (primary N) is 1. The van der Waals surface area contributed by atoms with Crippen LogP contribution >= 0.6 is 0 Å². The summed E-state index contributed by atoms with van der Waals surface area (Å²) in [4.78, 5) is 12.0. The normalized spacial score (nSPS) is 10.4. The Balaban J connectivity index is 2.31. The number of aryl methyl sites for hydroxylation is 3. The molecular formula is C13H15N3O2. The lowest BCUT2D eigenvalue weighted by atomic mass is 10.1. The third-order valence-corrected chi connectivity index (χ3v) is 2.79. The first kappa shape index (κ1) is 12.2. The van der Waals surface area contributed by atoms with E-state index in [-0.39, 0.29) is 5.91 Å². The average Bonchev–Trinajstić information content (AvgIpc) is 2.69. The Bertz CT molecular complexity index is 579. The molecule has 3 N–H and O–H groups in total. The number of hydrogen-bond acceptors (Lipinski definition) is 4. The third kappa shape index (κ3) is 2.20. The van der Waals surface area contributed by atoms with E-state index >= 15 is 0 Å². The van der Waals surface area contributed by atoms with Crippen LogP contribution in [0.5, 0.6) is 0 Å². The molecule has 0 spiro atoms. The van der Waals surface area contributed by atoms with Crippen LogP contribution in [0.2, 0.25) is 0 Å². The topological polar surface area (TPSA) is 81.1 Å². The first-order valence-electron chi connectivity index (χ1n) is 5.58. The first-order chi connectivity index (χ1) is 8.49. The van der Waals surface area contributed by atoms with Crippen molar-refractivity contribution in [3.8, 4) is 0 Å². The second-order valence-electron chi connectivity index (χ2n) is 4.28. The zero-order valence-corrected chi connectivity index (χ0v) is 10.6. The molecule has 94 valence electrons. The van der Waals surface area contributed by atoms with Gasteiger partial charge in [0, 0.05) is 11.4 Å². The van der Waals surface area contributed by atoms with Gasteiger partial charge in [-0.15, -0.1) is 0 Å². The van der Waals surface area contributed by atoms with E-state index in [1.54, 1.807) is 6.92 Å². The second kappa shape index (κ2) is 4.52. The Morgan fingerprint density at radius 1 is 1.28 bits per heavy atom. The van der Waals surface area contributed by atoms with E-state index in [0.717, 1.165) is 16.8 Å². The van der Waals surface area contributed by atoms with Gasteiger partial charge in [-0.05, 0) is 44.0 Å². The van der Waals surface area contributed by atoms with E-state index in [1.807, 2.05) is 26.0 Å². The molecule has 0 radical (unpaired) electrons. The van der Waals surface area contributed by atoms with E-state index in [9.17, 15) is 4.79 Å². The predicted molar refractivity (Wildman–Crippen MR) is 69.5 cm³/mol. The highest BCUT2D eigenvalue weighted by molar-refractivity contribution is 6.05. The number of amides is 1. The van der Waals surface area contributed by atoms with Crippen LogP contribution in [0.3, 0.4) is 0 Å². The van der Waals surface area contributed by atoms with Gasteiger partial charge in [-0.3, -0.25) is 4.79 Å². The van der Waals surface area contributed by atoms with Crippen molar-refractivity contribution in [2.45, 2.75) is 20.8 Å². The Kier molecular flexibility index (Phi) is 3.06. The number of carbonyl (C=O) groups is 1. The standard InChI is InChI=1S/C13H15N3O2/c1-7-4-10(14)5-8(2)12(7)16-13(17)11-6-15-18-9(11)3/h4-6H,14H2,1-3H3,(H,16,17). The molecular weight excluding hydrogens is 230 g/mol. The maximum atomic E-state index is 12.0. The smallest absolute Gasteiger partial charge is 0.260 e. The van der Waals surface area contributed by atoms with Gasteiger partial charge in [0.15, 0.2) is 0 Å². The summed E-state index contributed by atoms with van der Waals surface area (Å²) in [6.07, 6.45) is 1.41. The molecule has 0 saturated heterocycles. The van der Waals surface area contributed by atoms with Crippen molar-refractivity contribution in [2.75, 3.05) is 11.1 Å². The minimum Gasteiger partial charge on any atom is -0.399 e. The van der Waals surface area contributed by atoms with Gasteiger partial charge >= 0.3 is 0 Å². The third-order valence-electron chi connectivity index (χ3n) is 2.79. The van der Waals surface area contributed by atoms with Gasteiger partial charge in [0.1, 0.15) is 11.3 Å². The number of rotatable bonds is 2. The molecule has 1 heterocycles. The highest BCUT2D eigenvalue weighted by Gasteiger charge is 2.15. The summed E-state index contributed by atoms with van der Waals surface area (Å²) < 4.78 is 4.87. The number of nitrogens with one attached hydrogen (secondary N) is 1. The molecule has 2 aromatic rings. The summed E-state index contributed by atoms with van der Waals surface area (Å²) in [6.45, 7) is 5.50. The minimum absolute atomic E-state index is 0.232. The van der Waals surface area contributed by atoms with Gasteiger partial charge in [0.2, 0.25) is 0 Å². The molecule has 0 aliphatic heterocycles. The predicted octanol–water partition coefficient (Wildman–Crippen LogP) is 2.43. The van der Waals surface area contributed by atoms with E-state index in [4.69, 9.17) is 10.3 Å². The molecule has 0 unspecified atom stereocenters. The average molecular weight is 245 g/mol. The maximum Gasteiger partial charge on any atom is 0.260 e. The summed E-state index contributed by atoms with van der Waals surface area (Å²) in [5, 5.41) is 6.44. The highest BCUT2D eigenvalue weighted by atomic mass is 16.5. The van der Waals surface area contributed by atoms with Crippen molar-refractivity contribution < 1.29 is 9.32 Å². The Morgan fingerprint density at radius 2 is 1.89 bits per heavy atom. The van der Waals surface area contributed by atoms with Crippen molar-refractivity contribution in [3.05, 3.63) is 40.8 Å². The quantitative estimate of drug-likeness (QED) is 0.796. The van der Waals surface area contributed by atoms with Crippen LogP contribution in [0.4, 0.5) is 11.4 Å². The minimum atomic E-state index is -0.232. The Morgan fingerprint density at radius 3 is 2.39 bits per heavy atom. The molecule has 0 atom stereocenters. The fraction of sp³-hybridized carbons (Fsp3) is 0.231. The summed E-state index contributed by atoms with van der Waals surface area (Å²) in [7, 11) is 0. The molecule has 5 heteroatoms. The molecule has 1 aromatic heterocycles. The van der Waals surface area contributed by atoms with Crippen molar-refractivity contribution in [1.29, 1.82) is 0 Å². The lowest BCUT2D eigenvalue weighted by molar-refractivity contribution is 0.102. The molecule has 5 nitrogen and oxygen atoms in total. The van der Waals surface area contributed by atoms with Crippen molar-refractivity contribution in [2.24, 2.45) is 0 Å². The van der Waals surface area contributed by atoms with Crippen LogP contribution in [0, 0.1) is 20.8 Å². The van der Waals surface area contributed by atoms with Gasteiger partial charge in [0.25, 0.3) is 5.91 Å². The number of benzene rings is 1. The van der Waals surface area contributed by atoms with Gasteiger partial charge in [-0.2, -0.15) is 0 Å². The number of hydrogen-bond donors (Lipinski definition) is 2. The zero-order valence-electron chi connectivity index (χ0n) is 10.6. The Hall–Kier alpha value is -2.30. The van der Waals surface area contributed by atoms with Gasteiger partial charge in [-0.1, -0.05) is 5.16 Å². The highest BCUT2D eigenvalue weighted by Crippen LogP contribution is 2.24. The number of carbonyl (C=O) groups excluding carboxylic acids is 1. The van der Waals surface area contributed by atoms with Gasteiger partial charge in [-0.25, -0.2) is 0 Å². The number of anilines is 2. The van der Waals surface area contributed by atoms with Crippen LogP contribution in [0.15, 0.2) is 22.9 Å². The van der Waals surface area contributed by atoms with Crippen molar-refractivity contribution in [1.82, 2.24) is 5.16 Å². The fourth-order valence-electron chi connectivity index (χ4n) is 1.89. The van der Waals surface area contributed by atoms with Crippen LogP contribution in [-0.4, -0.2) is 11.1 Å². The van der Waals surface area contributed by atoms with Gasteiger partial charge < -0.3 is 15.6 Å². The second-order valence-corrected chi connectivity index (χ2v) is 4.28. The lowest BCUT2D eigenvalue weighted by Gasteiger charge is -2.12. The Labute approximate surface area is 105 Å².